The summed E-state index contributed by atoms with van der Waals surface area (Å²) in [5.41, 5.74) is 1.44. The van der Waals surface area contributed by atoms with E-state index in [-0.39, 0.29) is 11.9 Å². The Balaban J connectivity index is 2.84. The molecule has 1 heterocycles. The van der Waals surface area contributed by atoms with Crippen molar-refractivity contribution in [2.24, 2.45) is 5.92 Å². The van der Waals surface area contributed by atoms with E-state index in [0.717, 1.165) is 0 Å². The third-order valence-corrected chi connectivity index (χ3v) is 2.80. The highest BCUT2D eigenvalue weighted by molar-refractivity contribution is 5.92. The number of nitrogens with one attached hydrogen (secondary N) is 1. The Morgan fingerprint density at radius 1 is 1.41 bits per heavy atom. The molecule has 17 heavy (non-hydrogen) atoms. The Morgan fingerprint density at radius 2 is 2.06 bits per heavy atom. The zero-order chi connectivity index (χ0) is 13.0. The molecule has 1 rings (SSSR count). The summed E-state index contributed by atoms with van der Waals surface area (Å²) >= 11 is 0. The van der Waals surface area contributed by atoms with E-state index in [1.807, 2.05) is 26.8 Å². The fraction of sp³-hybridized carbons (Fsp3) is 0.462. The van der Waals surface area contributed by atoms with Crippen LogP contribution in [-0.2, 0) is 0 Å². The summed E-state index contributed by atoms with van der Waals surface area (Å²) in [6.45, 7) is 7.77. The molecule has 1 atom stereocenters. The molecule has 0 spiro atoms. The van der Waals surface area contributed by atoms with Crippen molar-refractivity contribution in [3.8, 4) is 6.07 Å². The normalized spacial score (nSPS) is 12.0. The molecule has 0 aromatic carbocycles. The summed E-state index contributed by atoms with van der Waals surface area (Å²) < 4.78 is 0. The molecule has 4 heteroatoms. The molecule has 0 bridgehead atoms. The predicted octanol–water partition coefficient (Wildman–Crippen LogP) is 2.04. The second-order valence-electron chi connectivity index (χ2n) is 4.45. The molecule has 1 aromatic rings. The highest BCUT2D eigenvalue weighted by Gasteiger charge is 2.14. The van der Waals surface area contributed by atoms with Gasteiger partial charge in [-0.25, -0.2) is 4.98 Å². The van der Waals surface area contributed by atoms with Gasteiger partial charge in [-0.1, -0.05) is 13.8 Å². The van der Waals surface area contributed by atoms with Crippen LogP contribution in [0.5, 0.6) is 0 Å². The Morgan fingerprint density at radius 3 is 2.53 bits per heavy atom. The van der Waals surface area contributed by atoms with Gasteiger partial charge in [0.2, 0.25) is 0 Å². The number of hydrogen-bond acceptors (Lipinski definition) is 3. The number of nitriles is 1. The van der Waals surface area contributed by atoms with Crippen molar-refractivity contribution in [1.82, 2.24) is 10.3 Å². The number of rotatable bonds is 3. The molecule has 0 saturated heterocycles. The molecule has 1 aromatic heterocycles. The Hall–Kier alpha value is -1.89. The summed E-state index contributed by atoms with van der Waals surface area (Å²) in [6.07, 6.45) is 0. The molecule has 0 radical (unpaired) electrons. The Labute approximate surface area is 102 Å². The molecule has 0 aliphatic heterocycles. The van der Waals surface area contributed by atoms with Crippen molar-refractivity contribution >= 4 is 5.91 Å². The zero-order valence-corrected chi connectivity index (χ0v) is 10.6. The van der Waals surface area contributed by atoms with Crippen LogP contribution in [0.15, 0.2) is 12.1 Å². The summed E-state index contributed by atoms with van der Waals surface area (Å²) in [5, 5.41) is 11.7. The molecule has 1 N–H and O–H groups in total. The maximum Gasteiger partial charge on any atom is 0.270 e. The molecule has 4 nitrogen and oxygen atoms in total. The molecule has 90 valence electrons. The van der Waals surface area contributed by atoms with Crippen molar-refractivity contribution in [3.05, 3.63) is 29.1 Å². The quantitative estimate of drug-likeness (QED) is 0.865. The van der Waals surface area contributed by atoms with Crippen molar-refractivity contribution in [2.75, 3.05) is 0 Å². The number of carbonyl (C=O) groups excluding carboxylic acids is 1. The summed E-state index contributed by atoms with van der Waals surface area (Å²) in [4.78, 5) is 16.0. The van der Waals surface area contributed by atoms with Crippen LogP contribution < -0.4 is 5.32 Å². The van der Waals surface area contributed by atoms with E-state index < -0.39 is 0 Å². The minimum atomic E-state index is -0.196. The van der Waals surface area contributed by atoms with Gasteiger partial charge < -0.3 is 5.32 Å². The first-order chi connectivity index (χ1) is 7.95. The molecule has 0 saturated carbocycles. The third kappa shape index (κ3) is 3.28. The van der Waals surface area contributed by atoms with Crippen LogP contribution in [0.4, 0.5) is 0 Å². The number of hydrogen-bond donors (Lipinski definition) is 1. The molecular formula is C13H17N3O. The van der Waals surface area contributed by atoms with E-state index >= 15 is 0 Å². The first kappa shape index (κ1) is 13.2. The van der Waals surface area contributed by atoms with Gasteiger partial charge in [0.25, 0.3) is 5.91 Å². The fourth-order valence-corrected chi connectivity index (χ4v) is 1.25. The van der Waals surface area contributed by atoms with E-state index in [4.69, 9.17) is 5.26 Å². The van der Waals surface area contributed by atoms with E-state index in [2.05, 4.69) is 10.3 Å². The van der Waals surface area contributed by atoms with Gasteiger partial charge in [0.15, 0.2) is 0 Å². The van der Waals surface area contributed by atoms with Crippen molar-refractivity contribution in [3.63, 3.8) is 0 Å². The predicted molar refractivity (Wildman–Crippen MR) is 65.5 cm³/mol. The second-order valence-corrected chi connectivity index (χ2v) is 4.45. The zero-order valence-electron chi connectivity index (χ0n) is 10.6. The first-order valence-electron chi connectivity index (χ1n) is 5.64. The van der Waals surface area contributed by atoms with Crippen LogP contribution in [0.3, 0.4) is 0 Å². The van der Waals surface area contributed by atoms with Crippen LogP contribution in [0, 0.1) is 24.2 Å². The van der Waals surface area contributed by atoms with Gasteiger partial charge in [-0.15, -0.1) is 0 Å². The van der Waals surface area contributed by atoms with Crippen molar-refractivity contribution < 1.29 is 4.79 Å². The van der Waals surface area contributed by atoms with Crippen LogP contribution >= 0.6 is 0 Å². The molecular weight excluding hydrogens is 214 g/mol. The Kier molecular flexibility index (Phi) is 4.22. The standard InChI is InChI=1S/C13H17N3O/c1-8(2)9(3)16-13(17)12-6-5-11(7-14)10(4)15-12/h5-6,8-9H,1-4H3,(H,16,17)/t9-/m0/s1. The van der Waals surface area contributed by atoms with Gasteiger partial charge >= 0.3 is 0 Å². The average molecular weight is 231 g/mol. The maximum atomic E-state index is 11.9. The summed E-state index contributed by atoms with van der Waals surface area (Å²) in [5.74, 6) is 0.178. The molecule has 0 aliphatic carbocycles. The lowest BCUT2D eigenvalue weighted by molar-refractivity contribution is 0.0925. The minimum absolute atomic E-state index is 0.0975. The Bertz CT molecular complexity index is 460. The van der Waals surface area contributed by atoms with Gasteiger partial charge in [-0.05, 0) is 31.9 Å². The number of carbonyl (C=O) groups is 1. The van der Waals surface area contributed by atoms with E-state index in [9.17, 15) is 4.79 Å². The van der Waals surface area contributed by atoms with E-state index in [1.54, 1.807) is 19.1 Å². The largest absolute Gasteiger partial charge is 0.348 e. The van der Waals surface area contributed by atoms with Gasteiger partial charge in [0.05, 0.1) is 11.3 Å². The lowest BCUT2D eigenvalue weighted by atomic mass is 10.1. The summed E-state index contributed by atoms with van der Waals surface area (Å²) in [7, 11) is 0. The van der Waals surface area contributed by atoms with E-state index in [0.29, 0.717) is 22.9 Å². The number of nitrogens with zero attached hydrogens (tertiary/aromatic N) is 2. The number of pyridine rings is 1. The van der Waals surface area contributed by atoms with Crippen LogP contribution in [0.1, 0.15) is 42.5 Å². The van der Waals surface area contributed by atoms with Crippen LogP contribution in [-0.4, -0.2) is 16.9 Å². The number of aryl methyl sites for hydroxylation is 1. The topological polar surface area (TPSA) is 65.8 Å². The molecule has 0 unspecified atom stereocenters. The molecule has 1 amide bonds. The van der Waals surface area contributed by atoms with Gasteiger partial charge in [-0.3, -0.25) is 4.79 Å². The fourth-order valence-electron chi connectivity index (χ4n) is 1.25. The van der Waals surface area contributed by atoms with E-state index in [1.165, 1.54) is 0 Å². The lowest BCUT2D eigenvalue weighted by Crippen LogP contribution is -2.36. The second kappa shape index (κ2) is 5.44. The van der Waals surface area contributed by atoms with Gasteiger partial charge in [0, 0.05) is 6.04 Å². The van der Waals surface area contributed by atoms with Gasteiger partial charge in [0.1, 0.15) is 11.8 Å². The highest BCUT2D eigenvalue weighted by atomic mass is 16.1. The SMILES string of the molecule is Cc1nc(C(=O)N[C@@H](C)C(C)C)ccc1C#N. The van der Waals surface area contributed by atoms with Gasteiger partial charge in [-0.2, -0.15) is 5.26 Å². The highest BCUT2D eigenvalue weighted by Crippen LogP contribution is 2.07. The lowest BCUT2D eigenvalue weighted by Gasteiger charge is -2.17. The van der Waals surface area contributed by atoms with Crippen molar-refractivity contribution in [1.29, 1.82) is 5.26 Å². The third-order valence-electron chi connectivity index (χ3n) is 2.80. The van der Waals surface area contributed by atoms with Crippen LogP contribution in [0.25, 0.3) is 0 Å². The van der Waals surface area contributed by atoms with Crippen molar-refractivity contribution in [2.45, 2.75) is 33.7 Å². The smallest absolute Gasteiger partial charge is 0.270 e. The average Bonchev–Trinajstić information content (AvgIpc) is 2.28. The number of aromatic nitrogens is 1. The number of amides is 1. The van der Waals surface area contributed by atoms with Crippen LogP contribution in [0.2, 0.25) is 0 Å². The summed E-state index contributed by atoms with van der Waals surface area (Å²) in [6, 6.07) is 5.32. The minimum Gasteiger partial charge on any atom is -0.348 e. The molecule has 0 aliphatic rings. The molecule has 0 fully saturated rings. The monoisotopic (exact) mass is 231 g/mol. The maximum absolute atomic E-state index is 11.9. The first-order valence-corrected chi connectivity index (χ1v) is 5.64.